The molecule has 0 saturated heterocycles. The zero-order chi connectivity index (χ0) is 9.03. The fraction of sp³-hybridized carbons (Fsp3) is 0.875. The van der Waals surface area contributed by atoms with E-state index in [2.05, 4.69) is 4.74 Å². The van der Waals surface area contributed by atoms with Crippen LogP contribution >= 0.6 is 11.6 Å². The third-order valence-electron chi connectivity index (χ3n) is 2.16. The fourth-order valence-electron chi connectivity index (χ4n) is 1.50. The van der Waals surface area contributed by atoms with Gasteiger partial charge in [-0.25, -0.2) is 4.79 Å². The zero-order valence-corrected chi connectivity index (χ0v) is 7.89. The summed E-state index contributed by atoms with van der Waals surface area (Å²) < 4.78 is 9.57. The zero-order valence-electron chi connectivity index (χ0n) is 7.14. The number of rotatable bonds is 2. The Bertz CT molecular complexity index is 164. The van der Waals surface area contributed by atoms with Crippen LogP contribution in [0.5, 0.6) is 0 Å². The summed E-state index contributed by atoms with van der Waals surface area (Å²) in [6, 6.07) is -0.144. The van der Waals surface area contributed by atoms with Crippen LogP contribution in [-0.2, 0) is 9.47 Å². The second kappa shape index (κ2) is 3.99. The Morgan fingerprint density at radius 2 is 2.08 bits per heavy atom. The maximum atomic E-state index is 10.9. The van der Waals surface area contributed by atoms with E-state index >= 15 is 0 Å². The average molecular weight is 193 g/mol. The lowest BCUT2D eigenvalue weighted by atomic mass is 10.1. The molecule has 1 aliphatic carbocycles. The second-order valence-electron chi connectivity index (χ2n) is 3.26. The summed E-state index contributed by atoms with van der Waals surface area (Å²) in [5, 5.41) is 0. The highest BCUT2D eigenvalue weighted by Gasteiger charge is 2.33. The standard InChI is InChI=1S/C8H13ClO3/c1-8(4-2-3-5-8)12-7(10)11-6-9/h2-6H2,1H3. The first-order valence-electron chi connectivity index (χ1n) is 4.08. The van der Waals surface area contributed by atoms with Crippen LogP contribution in [0.4, 0.5) is 4.79 Å². The van der Waals surface area contributed by atoms with Crippen LogP contribution in [-0.4, -0.2) is 17.8 Å². The highest BCUT2D eigenvalue weighted by Crippen LogP contribution is 2.32. The molecule has 0 spiro atoms. The van der Waals surface area contributed by atoms with Crippen molar-refractivity contribution in [2.45, 2.75) is 38.2 Å². The van der Waals surface area contributed by atoms with E-state index in [1.807, 2.05) is 6.92 Å². The third kappa shape index (κ3) is 2.55. The molecule has 0 aliphatic heterocycles. The van der Waals surface area contributed by atoms with Gasteiger partial charge in [-0.1, -0.05) is 11.6 Å². The van der Waals surface area contributed by atoms with Crippen LogP contribution < -0.4 is 0 Å². The molecule has 0 aromatic rings. The molecule has 70 valence electrons. The Morgan fingerprint density at radius 1 is 1.50 bits per heavy atom. The van der Waals surface area contributed by atoms with Crippen molar-refractivity contribution in [3.8, 4) is 0 Å². The fourth-order valence-corrected chi connectivity index (χ4v) is 1.59. The van der Waals surface area contributed by atoms with E-state index in [1.54, 1.807) is 0 Å². The molecule has 0 aromatic carbocycles. The number of carbonyl (C=O) groups is 1. The van der Waals surface area contributed by atoms with Crippen molar-refractivity contribution in [3.05, 3.63) is 0 Å². The molecule has 0 radical (unpaired) electrons. The Balaban J connectivity index is 2.33. The molecule has 0 amide bonds. The van der Waals surface area contributed by atoms with E-state index in [-0.39, 0.29) is 11.7 Å². The number of halogens is 1. The van der Waals surface area contributed by atoms with Crippen LogP contribution in [0.25, 0.3) is 0 Å². The molecule has 12 heavy (non-hydrogen) atoms. The molecular weight excluding hydrogens is 180 g/mol. The van der Waals surface area contributed by atoms with Crippen molar-refractivity contribution in [1.29, 1.82) is 0 Å². The van der Waals surface area contributed by atoms with Gasteiger partial charge < -0.3 is 9.47 Å². The molecular formula is C8H13ClO3. The molecule has 1 fully saturated rings. The number of alkyl halides is 1. The minimum absolute atomic E-state index is 0.144. The molecule has 4 heteroatoms. The summed E-state index contributed by atoms with van der Waals surface area (Å²) in [7, 11) is 0. The minimum Gasteiger partial charge on any atom is -0.428 e. The number of hydrogen-bond acceptors (Lipinski definition) is 3. The Morgan fingerprint density at radius 3 is 2.58 bits per heavy atom. The summed E-state index contributed by atoms with van der Waals surface area (Å²) in [5.74, 6) is 0. The molecule has 0 aromatic heterocycles. The van der Waals surface area contributed by atoms with E-state index < -0.39 is 6.16 Å². The van der Waals surface area contributed by atoms with Gasteiger partial charge in [0.2, 0.25) is 0 Å². The molecule has 1 rings (SSSR count). The molecule has 3 nitrogen and oxygen atoms in total. The van der Waals surface area contributed by atoms with Crippen LogP contribution in [0.1, 0.15) is 32.6 Å². The van der Waals surface area contributed by atoms with Gasteiger partial charge >= 0.3 is 6.16 Å². The van der Waals surface area contributed by atoms with Crippen molar-refractivity contribution >= 4 is 17.8 Å². The van der Waals surface area contributed by atoms with Crippen LogP contribution in [0, 0.1) is 0 Å². The smallest absolute Gasteiger partial charge is 0.428 e. The molecule has 0 heterocycles. The largest absolute Gasteiger partial charge is 0.510 e. The predicted molar refractivity (Wildman–Crippen MR) is 45.2 cm³/mol. The Hall–Kier alpha value is -0.440. The van der Waals surface area contributed by atoms with Crippen LogP contribution in [0.3, 0.4) is 0 Å². The van der Waals surface area contributed by atoms with Crippen molar-refractivity contribution in [2.75, 3.05) is 6.07 Å². The van der Waals surface area contributed by atoms with E-state index in [0.29, 0.717) is 0 Å². The van der Waals surface area contributed by atoms with Crippen LogP contribution in [0.15, 0.2) is 0 Å². The maximum absolute atomic E-state index is 10.9. The van der Waals surface area contributed by atoms with E-state index in [0.717, 1.165) is 25.7 Å². The number of carbonyl (C=O) groups excluding carboxylic acids is 1. The molecule has 1 aliphatic rings. The van der Waals surface area contributed by atoms with E-state index in [9.17, 15) is 4.79 Å². The van der Waals surface area contributed by atoms with Gasteiger partial charge in [-0.05, 0) is 32.6 Å². The van der Waals surface area contributed by atoms with E-state index in [4.69, 9.17) is 16.3 Å². The number of ether oxygens (including phenoxy) is 2. The predicted octanol–water partition coefficient (Wildman–Crippen LogP) is 2.67. The van der Waals surface area contributed by atoms with Gasteiger partial charge in [0.1, 0.15) is 5.60 Å². The first-order chi connectivity index (χ1) is 5.66. The first-order valence-corrected chi connectivity index (χ1v) is 4.61. The van der Waals surface area contributed by atoms with Crippen molar-refractivity contribution in [2.24, 2.45) is 0 Å². The molecule has 1 saturated carbocycles. The molecule has 0 unspecified atom stereocenters. The highest BCUT2D eigenvalue weighted by molar-refractivity contribution is 6.17. The summed E-state index contributed by atoms with van der Waals surface area (Å²) >= 11 is 5.20. The Kier molecular flexibility index (Phi) is 3.20. The SMILES string of the molecule is CC1(OC(=O)OCCl)CCCC1. The Labute approximate surface area is 77.0 Å². The van der Waals surface area contributed by atoms with Gasteiger partial charge in [-0.3, -0.25) is 0 Å². The van der Waals surface area contributed by atoms with Gasteiger partial charge in [0.15, 0.2) is 6.07 Å². The van der Waals surface area contributed by atoms with Gasteiger partial charge in [0.25, 0.3) is 0 Å². The lowest BCUT2D eigenvalue weighted by Crippen LogP contribution is -2.28. The van der Waals surface area contributed by atoms with Crippen molar-refractivity contribution in [1.82, 2.24) is 0 Å². The van der Waals surface area contributed by atoms with E-state index in [1.165, 1.54) is 0 Å². The lowest BCUT2D eigenvalue weighted by molar-refractivity contribution is -0.0157. The summed E-state index contributed by atoms with van der Waals surface area (Å²) in [6.07, 6.45) is 3.42. The van der Waals surface area contributed by atoms with Gasteiger partial charge in [0.05, 0.1) is 0 Å². The highest BCUT2D eigenvalue weighted by atomic mass is 35.5. The van der Waals surface area contributed by atoms with Crippen molar-refractivity contribution in [3.63, 3.8) is 0 Å². The van der Waals surface area contributed by atoms with Gasteiger partial charge in [-0.15, -0.1) is 0 Å². The van der Waals surface area contributed by atoms with Crippen molar-refractivity contribution < 1.29 is 14.3 Å². The maximum Gasteiger partial charge on any atom is 0.510 e. The lowest BCUT2D eigenvalue weighted by Gasteiger charge is -2.22. The van der Waals surface area contributed by atoms with Crippen LogP contribution in [0.2, 0.25) is 0 Å². The summed E-state index contributed by atoms with van der Waals surface area (Å²) in [6.45, 7) is 1.93. The molecule has 0 bridgehead atoms. The summed E-state index contributed by atoms with van der Waals surface area (Å²) in [4.78, 5) is 10.9. The second-order valence-corrected chi connectivity index (χ2v) is 3.48. The average Bonchev–Trinajstić information content (AvgIpc) is 2.36. The summed E-state index contributed by atoms with van der Waals surface area (Å²) in [5.41, 5.74) is -0.316. The minimum atomic E-state index is -0.658. The quantitative estimate of drug-likeness (QED) is 0.499. The third-order valence-corrected chi connectivity index (χ3v) is 2.27. The normalized spacial score (nSPS) is 20.5. The monoisotopic (exact) mass is 192 g/mol. The van der Waals surface area contributed by atoms with Gasteiger partial charge in [-0.2, -0.15) is 0 Å². The first kappa shape index (κ1) is 9.65. The molecule has 0 N–H and O–H groups in total. The number of hydrogen-bond donors (Lipinski definition) is 0. The molecule has 0 atom stereocenters. The van der Waals surface area contributed by atoms with Gasteiger partial charge in [0, 0.05) is 0 Å². The topological polar surface area (TPSA) is 35.5 Å².